The lowest BCUT2D eigenvalue weighted by molar-refractivity contribution is 0.0915. The van der Waals surface area contributed by atoms with Gasteiger partial charge >= 0.3 is 0 Å². The summed E-state index contributed by atoms with van der Waals surface area (Å²) in [5, 5.41) is 0. The lowest BCUT2D eigenvalue weighted by atomic mass is 10.3. The van der Waals surface area contributed by atoms with Crippen molar-refractivity contribution in [3.8, 4) is 5.75 Å². The molecule has 82 valence electrons. The molecule has 1 aliphatic heterocycles. The average molecular weight is 234 g/mol. The van der Waals surface area contributed by atoms with Gasteiger partial charge in [0.15, 0.2) is 0 Å². The Bertz CT molecular complexity index is 577. The number of carbonyl (C=O) groups is 1. The van der Waals surface area contributed by atoms with E-state index >= 15 is 0 Å². The third-order valence-electron chi connectivity index (χ3n) is 2.66. The van der Waals surface area contributed by atoms with Crippen molar-refractivity contribution in [3.63, 3.8) is 0 Å². The number of imidazole rings is 1. The van der Waals surface area contributed by atoms with E-state index in [4.69, 9.17) is 4.74 Å². The Kier molecular flexibility index (Phi) is 2.14. The summed E-state index contributed by atoms with van der Waals surface area (Å²) in [6.07, 6.45) is 2.15. The SMILES string of the molecule is COc1cc2c3c(c1)ncn3C(=O)CCS2. The van der Waals surface area contributed by atoms with Crippen molar-refractivity contribution < 1.29 is 9.53 Å². The first-order valence-electron chi connectivity index (χ1n) is 5.00. The molecule has 0 saturated heterocycles. The van der Waals surface area contributed by atoms with Crippen molar-refractivity contribution in [3.05, 3.63) is 18.5 Å². The molecule has 0 fully saturated rings. The van der Waals surface area contributed by atoms with Crippen molar-refractivity contribution in [2.45, 2.75) is 11.3 Å². The standard InChI is InChI=1S/C11H10N2O2S/c1-15-7-4-8-11-9(5-7)16-3-2-10(14)13(11)6-12-8/h4-6H,2-3H2,1H3. The van der Waals surface area contributed by atoms with Gasteiger partial charge in [0, 0.05) is 23.1 Å². The number of methoxy groups -OCH3 is 1. The number of aromatic nitrogens is 2. The van der Waals surface area contributed by atoms with Crippen LogP contribution in [0.5, 0.6) is 5.75 Å². The monoisotopic (exact) mass is 234 g/mol. The van der Waals surface area contributed by atoms with E-state index < -0.39 is 0 Å². The van der Waals surface area contributed by atoms with E-state index in [1.54, 1.807) is 29.8 Å². The molecule has 0 aliphatic carbocycles. The summed E-state index contributed by atoms with van der Waals surface area (Å²) in [7, 11) is 1.64. The smallest absolute Gasteiger partial charge is 0.233 e. The largest absolute Gasteiger partial charge is 0.497 e. The van der Waals surface area contributed by atoms with Crippen LogP contribution in [0, 0.1) is 0 Å². The lowest BCUT2D eigenvalue weighted by Gasteiger charge is -2.04. The Morgan fingerprint density at radius 1 is 1.50 bits per heavy atom. The molecular weight excluding hydrogens is 224 g/mol. The molecule has 0 amide bonds. The molecule has 0 radical (unpaired) electrons. The van der Waals surface area contributed by atoms with Gasteiger partial charge in [0.05, 0.1) is 18.1 Å². The molecule has 0 N–H and O–H groups in total. The third kappa shape index (κ3) is 1.31. The van der Waals surface area contributed by atoms with E-state index in [2.05, 4.69) is 4.98 Å². The molecule has 0 unspecified atom stereocenters. The fourth-order valence-electron chi connectivity index (χ4n) is 1.87. The van der Waals surface area contributed by atoms with Crippen molar-refractivity contribution in [2.24, 2.45) is 0 Å². The number of rotatable bonds is 1. The Labute approximate surface area is 96.6 Å². The lowest BCUT2D eigenvalue weighted by Crippen LogP contribution is -2.07. The second-order valence-electron chi connectivity index (χ2n) is 3.60. The summed E-state index contributed by atoms with van der Waals surface area (Å²) < 4.78 is 6.86. The van der Waals surface area contributed by atoms with Gasteiger partial charge in [-0.05, 0) is 6.07 Å². The van der Waals surface area contributed by atoms with Gasteiger partial charge in [-0.25, -0.2) is 4.98 Å². The van der Waals surface area contributed by atoms with Gasteiger partial charge in [-0.1, -0.05) is 0 Å². The van der Waals surface area contributed by atoms with E-state index in [-0.39, 0.29) is 5.91 Å². The van der Waals surface area contributed by atoms with Gasteiger partial charge in [0.25, 0.3) is 0 Å². The van der Waals surface area contributed by atoms with Gasteiger partial charge < -0.3 is 4.74 Å². The van der Waals surface area contributed by atoms with Crippen LogP contribution in [0.15, 0.2) is 23.4 Å². The summed E-state index contributed by atoms with van der Waals surface area (Å²) in [5.74, 6) is 1.71. The molecule has 5 heteroatoms. The van der Waals surface area contributed by atoms with Gasteiger partial charge in [0.2, 0.25) is 5.91 Å². The molecular formula is C11H10N2O2S. The highest BCUT2D eigenvalue weighted by atomic mass is 32.2. The highest BCUT2D eigenvalue weighted by molar-refractivity contribution is 7.99. The number of benzene rings is 1. The Hall–Kier alpha value is -1.49. The Balaban J connectivity index is 2.35. The van der Waals surface area contributed by atoms with Crippen molar-refractivity contribution in [1.29, 1.82) is 0 Å². The van der Waals surface area contributed by atoms with E-state index in [0.717, 1.165) is 27.4 Å². The highest BCUT2D eigenvalue weighted by Gasteiger charge is 2.18. The predicted molar refractivity (Wildman–Crippen MR) is 62.3 cm³/mol. The molecule has 2 aromatic rings. The average Bonchev–Trinajstić information content (AvgIpc) is 2.65. The normalized spacial score (nSPS) is 15.2. The van der Waals surface area contributed by atoms with Crippen LogP contribution in [0.1, 0.15) is 11.2 Å². The Morgan fingerprint density at radius 2 is 2.38 bits per heavy atom. The fourth-order valence-corrected chi connectivity index (χ4v) is 2.91. The second-order valence-corrected chi connectivity index (χ2v) is 4.74. The minimum absolute atomic E-state index is 0.110. The first-order valence-corrected chi connectivity index (χ1v) is 5.99. The van der Waals surface area contributed by atoms with Crippen LogP contribution < -0.4 is 4.74 Å². The topological polar surface area (TPSA) is 44.1 Å². The van der Waals surface area contributed by atoms with Crippen LogP contribution in [0.2, 0.25) is 0 Å². The van der Waals surface area contributed by atoms with Gasteiger partial charge in [0.1, 0.15) is 12.1 Å². The minimum Gasteiger partial charge on any atom is -0.497 e. The zero-order valence-corrected chi connectivity index (χ0v) is 9.58. The van der Waals surface area contributed by atoms with Crippen molar-refractivity contribution >= 4 is 28.7 Å². The van der Waals surface area contributed by atoms with Crippen LogP contribution in [-0.4, -0.2) is 28.3 Å². The third-order valence-corrected chi connectivity index (χ3v) is 3.69. The molecule has 2 heterocycles. The molecule has 1 aromatic carbocycles. The molecule has 16 heavy (non-hydrogen) atoms. The first-order chi connectivity index (χ1) is 7.79. The molecule has 0 bridgehead atoms. The number of hydrogen-bond acceptors (Lipinski definition) is 4. The van der Waals surface area contributed by atoms with Gasteiger partial charge in [-0.3, -0.25) is 9.36 Å². The first kappa shape index (κ1) is 9.72. The zero-order chi connectivity index (χ0) is 11.1. The quantitative estimate of drug-likeness (QED) is 0.758. The zero-order valence-electron chi connectivity index (χ0n) is 8.77. The van der Waals surface area contributed by atoms with Crippen molar-refractivity contribution in [2.75, 3.05) is 12.9 Å². The molecule has 4 nitrogen and oxygen atoms in total. The molecule has 3 rings (SSSR count). The fraction of sp³-hybridized carbons (Fsp3) is 0.273. The van der Waals surface area contributed by atoms with E-state index in [0.29, 0.717) is 6.42 Å². The summed E-state index contributed by atoms with van der Waals surface area (Å²) in [5.41, 5.74) is 1.73. The number of ether oxygens (including phenoxy) is 1. The van der Waals surface area contributed by atoms with Crippen LogP contribution in [0.3, 0.4) is 0 Å². The highest BCUT2D eigenvalue weighted by Crippen LogP contribution is 2.34. The molecule has 0 spiro atoms. The summed E-state index contributed by atoms with van der Waals surface area (Å²) in [6.45, 7) is 0. The molecule has 1 aliphatic rings. The number of carbonyl (C=O) groups excluding carboxylic acids is 1. The maximum atomic E-state index is 11.8. The number of nitrogens with zero attached hydrogens (tertiary/aromatic N) is 2. The maximum absolute atomic E-state index is 11.8. The van der Waals surface area contributed by atoms with Crippen LogP contribution in [-0.2, 0) is 0 Å². The second kappa shape index (κ2) is 3.52. The number of thioether (sulfide) groups is 1. The van der Waals surface area contributed by atoms with Crippen LogP contribution in [0.4, 0.5) is 0 Å². The van der Waals surface area contributed by atoms with Gasteiger partial charge in [-0.2, -0.15) is 0 Å². The summed E-state index contributed by atoms with van der Waals surface area (Å²) in [4.78, 5) is 17.1. The van der Waals surface area contributed by atoms with E-state index in [1.165, 1.54) is 0 Å². The summed E-state index contributed by atoms with van der Waals surface area (Å²) >= 11 is 1.68. The molecule has 1 aromatic heterocycles. The molecule has 0 atom stereocenters. The minimum atomic E-state index is 0.110. The Morgan fingerprint density at radius 3 is 3.19 bits per heavy atom. The van der Waals surface area contributed by atoms with Crippen molar-refractivity contribution in [1.82, 2.24) is 9.55 Å². The predicted octanol–water partition coefficient (Wildman–Crippen LogP) is 2.18. The van der Waals surface area contributed by atoms with Crippen LogP contribution in [0.25, 0.3) is 11.0 Å². The maximum Gasteiger partial charge on any atom is 0.233 e. The van der Waals surface area contributed by atoms with E-state index in [9.17, 15) is 4.79 Å². The van der Waals surface area contributed by atoms with Crippen LogP contribution >= 0.6 is 11.8 Å². The summed E-state index contributed by atoms with van der Waals surface area (Å²) in [6, 6.07) is 3.82. The van der Waals surface area contributed by atoms with E-state index in [1.807, 2.05) is 12.1 Å². The van der Waals surface area contributed by atoms with Gasteiger partial charge in [-0.15, -0.1) is 11.8 Å². The number of hydrogen-bond donors (Lipinski definition) is 0. The molecule has 0 saturated carbocycles.